The van der Waals surface area contributed by atoms with Crippen molar-refractivity contribution in [3.05, 3.63) is 48.3 Å². The maximum Gasteiger partial charge on any atom is 0.244 e. The highest BCUT2D eigenvalue weighted by Crippen LogP contribution is 2.29. The van der Waals surface area contributed by atoms with Crippen LogP contribution in [0.1, 0.15) is 5.82 Å². The molecule has 0 spiro atoms. The van der Waals surface area contributed by atoms with Gasteiger partial charge in [0, 0.05) is 13.1 Å². The number of nitrogens with one attached hydrogen (secondary N) is 2. The van der Waals surface area contributed by atoms with Gasteiger partial charge in [-0.2, -0.15) is 0 Å². The summed E-state index contributed by atoms with van der Waals surface area (Å²) in [6, 6.07) is 12.6. The molecule has 2 amide bonds. The molecule has 1 aromatic heterocycles. The van der Waals surface area contributed by atoms with Gasteiger partial charge < -0.3 is 24.7 Å². The van der Waals surface area contributed by atoms with Gasteiger partial charge in [-0.1, -0.05) is 12.1 Å². The molecule has 0 fully saturated rings. The number of hydrogen-bond acceptors (Lipinski definition) is 5. The van der Waals surface area contributed by atoms with Gasteiger partial charge in [-0.15, -0.1) is 0 Å². The highest BCUT2D eigenvalue weighted by molar-refractivity contribution is 5.93. The summed E-state index contributed by atoms with van der Waals surface area (Å²) in [6.45, 7) is 0.0159. The van der Waals surface area contributed by atoms with Gasteiger partial charge in [-0.05, 0) is 24.3 Å². The van der Waals surface area contributed by atoms with Crippen LogP contribution >= 0.6 is 0 Å². The summed E-state index contributed by atoms with van der Waals surface area (Å²) in [5, 5.41) is 5.42. The number of para-hydroxylation sites is 2. The molecule has 0 aliphatic heterocycles. The number of hydrogen-bond donors (Lipinski definition) is 2. The maximum atomic E-state index is 12.7. The Hall–Kier alpha value is -3.55. The van der Waals surface area contributed by atoms with Crippen LogP contribution in [0.25, 0.3) is 11.0 Å². The fourth-order valence-electron chi connectivity index (χ4n) is 2.90. The topological polar surface area (TPSA) is 94.5 Å². The van der Waals surface area contributed by atoms with E-state index in [0.717, 1.165) is 11.0 Å². The maximum absolute atomic E-state index is 12.7. The molecule has 0 saturated heterocycles. The number of amides is 2. The number of imidazole rings is 1. The SMILES string of the molecule is CNC(=O)Cc1nc2ccccc2n1CC(=O)Nc1ccc(OC)cc1OC. The molecule has 0 aliphatic rings. The predicted octanol–water partition coefficient (Wildman–Crippen LogP) is 1.98. The number of aromatic nitrogens is 2. The monoisotopic (exact) mass is 382 g/mol. The van der Waals surface area contributed by atoms with Crippen molar-refractivity contribution in [2.75, 3.05) is 26.6 Å². The number of fused-ring (bicyclic) bond motifs is 1. The first-order valence-electron chi connectivity index (χ1n) is 8.72. The van der Waals surface area contributed by atoms with E-state index < -0.39 is 0 Å². The summed E-state index contributed by atoms with van der Waals surface area (Å²) in [5.74, 6) is 1.22. The Morgan fingerprint density at radius 3 is 2.57 bits per heavy atom. The van der Waals surface area contributed by atoms with E-state index in [1.54, 1.807) is 36.9 Å². The number of anilines is 1. The number of methoxy groups -OCH3 is 2. The molecule has 146 valence electrons. The zero-order valence-corrected chi connectivity index (χ0v) is 16.0. The minimum atomic E-state index is -0.259. The molecule has 3 aromatic rings. The summed E-state index contributed by atoms with van der Waals surface area (Å²) >= 11 is 0. The van der Waals surface area contributed by atoms with Crippen LogP contribution < -0.4 is 20.1 Å². The van der Waals surface area contributed by atoms with Crippen LogP contribution in [0, 0.1) is 0 Å². The van der Waals surface area contributed by atoms with Crippen LogP contribution in [0.4, 0.5) is 5.69 Å². The average molecular weight is 382 g/mol. The van der Waals surface area contributed by atoms with E-state index in [0.29, 0.717) is 23.0 Å². The largest absolute Gasteiger partial charge is 0.497 e. The van der Waals surface area contributed by atoms with Crippen LogP contribution in [0.2, 0.25) is 0 Å². The van der Waals surface area contributed by atoms with E-state index in [2.05, 4.69) is 15.6 Å². The van der Waals surface area contributed by atoms with Crippen LogP contribution in [0.15, 0.2) is 42.5 Å². The normalized spacial score (nSPS) is 10.5. The van der Waals surface area contributed by atoms with Gasteiger partial charge in [-0.3, -0.25) is 9.59 Å². The van der Waals surface area contributed by atoms with Gasteiger partial charge >= 0.3 is 0 Å². The lowest BCUT2D eigenvalue weighted by Gasteiger charge is -2.13. The zero-order valence-electron chi connectivity index (χ0n) is 16.0. The summed E-state index contributed by atoms with van der Waals surface area (Å²) in [7, 11) is 4.65. The van der Waals surface area contributed by atoms with Crippen molar-refractivity contribution < 1.29 is 19.1 Å². The van der Waals surface area contributed by atoms with E-state index >= 15 is 0 Å². The minimum Gasteiger partial charge on any atom is -0.497 e. The molecule has 2 N–H and O–H groups in total. The lowest BCUT2D eigenvalue weighted by Crippen LogP contribution is -2.25. The molecule has 8 nitrogen and oxygen atoms in total. The molecular formula is C20H22N4O4. The summed E-state index contributed by atoms with van der Waals surface area (Å²) < 4.78 is 12.2. The fourth-order valence-corrected chi connectivity index (χ4v) is 2.90. The molecule has 28 heavy (non-hydrogen) atoms. The van der Waals surface area contributed by atoms with Gasteiger partial charge in [0.25, 0.3) is 0 Å². The fraction of sp³-hybridized carbons (Fsp3) is 0.250. The van der Waals surface area contributed by atoms with E-state index in [1.165, 1.54) is 7.11 Å². The van der Waals surface area contributed by atoms with Gasteiger partial charge in [0.2, 0.25) is 11.8 Å². The van der Waals surface area contributed by atoms with E-state index in [4.69, 9.17) is 9.47 Å². The molecule has 0 unspecified atom stereocenters. The summed E-state index contributed by atoms with van der Waals surface area (Å²) in [5.41, 5.74) is 2.06. The number of nitrogens with zero attached hydrogens (tertiary/aromatic N) is 2. The number of carbonyl (C=O) groups is 2. The Morgan fingerprint density at radius 1 is 1.07 bits per heavy atom. The van der Waals surface area contributed by atoms with Crippen molar-refractivity contribution >= 4 is 28.5 Å². The van der Waals surface area contributed by atoms with Crippen LogP contribution in [-0.2, 0) is 22.6 Å². The van der Waals surface area contributed by atoms with Gasteiger partial charge in [0.05, 0.1) is 37.4 Å². The van der Waals surface area contributed by atoms with E-state index in [1.807, 2.05) is 24.3 Å². The highest BCUT2D eigenvalue weighted by Gasteiger charge is 2.17. The average Bonchev–Trinajstić information content (AvgIpc) is 3.05. The first kappa shape index (κ1) is 19.2. The third-order valence-corrected chi connectivity index (χ3v) is 4.32. The lowest BCUT2D eigenvalue weighted by molar-refractivity contribution is -0.120. The Bertz CT molecular complexity index is 1010. The molecule has 0 saturated carbocycles. The molecule has 0 atom stereocenters. The minimum absolute atomic E-state index is 0.0159. The van der Waals surface area contributed by atoms with Crippen molar-refractivity contribution in [3.63, 3.8) is 0 Å². The first-order valence-corrected chi connectivity index (χ1v) is 8.72. The lowest BCUT2D eigenvalue weighted by atomic mass is 10.2. The predicted molar refractivity (Wildman–Crippen MR) is 106 cm³/mol. The second kappa shape index (κ2) is 8.43. The van der Waals surface area contributed by atoms with E-state index in [-0.39, 0.29) is 24.8 Å². The number of likely N-dealkylation sites (N-methyl/N-ethyl adjacent to an activating group) is 1. The second-order valence-electron chi connectivity index (χ2n) is 6.07. The van der Waals surface area contributed by atoms with Crippen LogP contribution in [0.5, 0.6) is 11.5 Å². The second-order valence-corrected chi connectivity index (χ2v) is 6.07. The van der Waals surface area contributed by atoms with Gasteiger partial charge in [0.15, 0.2) is 0 Å². The van der Waals surface area contributed by atoms with Crippen molar-refractivity contribution in [3.8, 4) is 11.5 Å². The molecular weight excluding hydrogens is 360 g/mol. The molecule has 2 aromatic carbocycles. The number of ether oxygens (including phenoxy) is 2. The third kappa shape index (κ3) is 4.06. The standard InChI is InChI=1S/C20H22N4O4/c1-21-19(25)11-18-22-14-6-4-5-7-16(14)24(18)12-20(26)23-15-9-8-13(27-2)10-17(15)28-3/h4-10H,11-12H2,1-3H3,(H,21,25)(H,23,26). The Labute approximate surface area is 162 Å². The van der Waals surface area contributed by atoms with Crippen molar-refractivity contribution in [1.82, 2.24) is 14.9 Å². The molecule has 0 bridgehead atoms. The van der Waals surface area contributed by atoms with Crippen molar-refractivity contribution in [2.45, 2.75) is 13.0 Å². The third-order valence-electron chi connectivity index (χ3n) is 4.32. The number of benzene rings is 2. The zero-order chi connectivity index (χ0) is 20.1. The van der Waals surface area contributed by atoms with E-state index in [9.17, 15) is 9.59 Å². The smallest absolute Gasteiger partial charge is 0.244 e. The quantitative estimate of drug-likeness (QED) is 0.652. The van der Waals surface area contributed by atoms with Gasteiger partial charge in [0.1, 0.15) is 23.9 Å². The number of carbonyl (C=O) groups excluding carboxylic acids is 2. The summed E-state index contributed by atoms with van der Waals surface area (Å²) in [4.78, 5) is 29.0. The molecule has 8 heteroatoms. The van der Waals surface area contributed by atoms with Crippen LogP contribution in [0.3, 0.4) is 0 Å². The molecule has 0 aliphatic carbocycles. The van der Waals surface area contributed by atoms with Crippen LogP contribution in [-0.4, -0.2) is 42.6 Å². The highest BCUT2D eigenvalue weighted by atomic mass is 16.5. The van der Waals surface area contributed by atoms with Gasteiger partial charge in [-0.25, -0.2) is 4.98 Å². The Kier molecular flexibility index (Phi) is 5.78. The van der Waals surface area contributed by atoms with Crippen molar-refractivity contribution in [2.24, 2.45) is 0 Å². The Morgan fingerprint density at radius 2 is 1.86 bits per heavy atom. The summed E-state index contributed by atoms with van der Waals surface area (Å²) in [6.07, 6.45) is 0.0876. The van der Waals surface area contributed by atoms with Crippen molar-refractivity contribution in [1.29, 1.82) is 0 Å². The first-order chi connectivity index (χ1) is 13.5. The number of rotatable bonds is 7. The molecule has 1 heterocycles. The molecule has 0 radical (unpaired) electrons. The molecule has 3 rings (SSSR count). The Balaban J connectivity index is 1.86.